The van der Waals surface area contributed by atoms with E-state index in [1.54, 1.807) is 39.7 Å². The number of halogens is 1. The van der Waals surface area contributed by atoms with Gasteiger partial charge in [-0.25, -0.2) is 4.98 Å². The average molecular weight is 492 g/mol. The Morgan fingerprint density at radius 3 is 2.27 bits per heavy atom. The summed E-state index contributed by atoms with van der Waals surface area (Å²) in [5.74, 6) is 2.37. The van der Waals surface area contributed by atoms with E-state index in [0.717, 1.165) is 23.7 Å². The van der Waals surface area contributed by atoms with Crippen LogP contribution >= 0.6 is 35.3 Å². The van der Waals surface area contributed by atoms with E-state index < -0.39 is 0 Å². The van der Waals surface area contributed by atoms with Crippen LogP contribution in [0.5, 0.6) is 17.2 Å². The van der Waals surface area contributed by atoms with Gasteiger partial charge >= 0.3 is 0 Å². The molecule has 1 aromatic heterocycles. The summed E-state index contributed by atoms with van der Waals surface area (Å²) in [6, 6.07) is 3.66. The molecule has 1 aromatic carbocycles. The zero-order valence-electron chi connectivity index (χ0n) is 15.6. The SMILES string of the molecule is CN=C(NCCc1ncc(C)s1)Nc1cc(OC)c(OC)c(OC)c1.I. The van der Waals surface area contributed by atoms with Crippen molar-refractivity contribution in [1.82, 2.24) is 10.3 Å². The van der Waals surface area contributed by atoms with E-state index in [4.69, 9.17) is 14.2 Å². The van der Waals surface area contributed by atoms with Gasteiger partial charge in [-0.05, 0) is 6.92 Å². The van der Waals surface area contributed by atoms with E-state index in [2.05, 4.69) is 27.5 Å². The Bertz CT molecular complexity index is 712. The summed E-state index contributed by atoms with van der Waals surface area (Å²) in [6.45, 7) is 2.79. The number of aliphatic imine (C=N–C) groups is 1. The first kappa shape index (κ1) is 22.3. The van der Waals surface area contributed by atoms with Crippen LogP contribution in [0.2, 0.25) is 0 Å². The number of ether oxygens (including phenoxy) is 3. The van der Waals surface area contributed by atoms with Crippen LogP contribution in [0.25, 0.3) is 0 Å². The quantitative estimate of drug-likeness (QED) is 0.351. The Morgan fingerprint density at radius 1 is 1.15 bits per heavy atom. The minimum Gasteiger partial charge on any atom is -0.493 e. The van der Waals surface area contributed by atoms with E-state index in [9.17, 15) is 0 Å². The molecule has 0 spiro atoms. The Balaban J connectivity index is 0.00000338. The van der Waals surface area contributed by atoms with Gasteiger partial charge in [0.05, 0.1) is 26.3 Å². The fourth-order valence-corrected chi connectivity index (χ4v) is 3.06. The van der Waals surface area contributed by atoms with Crippen LogP contribution < -0.4 is 24.8 Å². The molecule has 0 aliphatic heterocycles. The van der Waals surface area contributed by atoms with Crippen LogP contribution in [-0.2, 0) is 6.42 Å². The van der Waals surface area contributed by atoms with Crippen LogP contribution in [0.4, 0.5) is 5.69 Å². The smallest absolute Gasteiger partial charge is 0.203 e. The van der Waals surface area contributed by atoms with E-state index in [1.807, 2.05) is 18.3 Å². The maximum Gasteiger partial charge on any atom is 0.203 e. The fourth-order valence-electron chi connectivity index (χ4n) is 2.27. The molecule has 0 saturated carbocycles. The molecule has 9 heteroatoms. The molecule has 0 atom stereocenters. The molecule has 2 rings (SSSR count). The third kappa shape index (κ3) is 5.90. The maximum atomic E-state index is 5.36. The second-order valence-corrected chi connectivity index (χ2v) is 6.47. The number of rotatable bonds is 7. The number of thiazole rings is 1. The van der Waals surface area contributed by atoms with Crippen molar-refractivity contribution in [2.24, 2.45) is 4.99 Å². The first-order chi connectivity index (χ1) is 12.1. The van der Waals surface area contributed by atoms with Crippen molar-refractivity contribution in [3.05, 3.63) is 28.2 Å². The molecule has 1 heterocycles. The molecule has 0 amide bonds. The van der Waals surface area contributed by atoms with Gasteiger partial charge in [0.25, 0.3) is 0 Å². The third-order valence-electron chi connectivity index (χ3n) is 3.45. The summed E-state index contributed by atoms with van der Waals surface area (Å²) in [4.78, 5) is 9.81. The Morgan fingerprint density at radius 2 is 1.81 bits per heavy atom. The first-order valence-corrected chi connectivity index (χ1v) is 8.61. The second-order valence-electron chi connectivity index (χ2n) is 5.15. The summed E-state index contributed by atoms with van der Waals surface area (Å²) < 4.78 is 16.1. The van der Waals surface area contributed by atoms with E-state index in [0.29, 0.717) is 23.2 Å². The minimum absolute atomic E-state index is 0. The number of benzene rings is 1. The van der Waals surface area contributed by atoms with Crippen molar-refractivity contribution in [2.75, 3.05) is 40.2 Å². The third-order valence-corrected chi connectivity index (χ3v) is 4.42. The van der Waals surface area contributed by atoms with Gasteiger partial charge in [0.1, 0.15) is 0 Å². The number of hydrogen-bond donors (Lipinski definition) is 2. The lowest BCUT2D eigenvalue weighted by Crippen LogP contribution is -2.32. The van der Waals surface area contributed by atoms with Crippen molar-refractivity contribution in [2.45, 2.75) is 13.3 Å². The molecule has 0 saturated heterocycles. The number of aryl methyl sites for hydroxylation is 1. The topological polar surface area (TPSA) is 77.0 Å². The van der Waals surface area contributed by atoms with Crippen LogP contribution in [-0.4, -0.2) is 45.9 Å². The number of nitrogens with one attached hydrogen (secondary N) is 2. The number of guanidine groups is 1. The van der Waals surface area contributed by atoms with Gasteiger partial charge in [0.15, 0.2) is 17.5 Å². The molecule has 26 heavy (non-hydrogen) atoms. The van der Waals surface area contributed by atoms with E-state index in [1.165, 1.54) is 4.88 Å². The minimum atomic E-state index is 0. The zero-order chi connectivity index (χ0) is 18.2. The maximum absolute atomic E-state index is 5.36. The molecular formula is C17H25IN4O3S. The van der Waals surface area contributed by atoms with Crippen molar-refractivity contribution in [3.63, 3.8) is 0 Å². The largest absolute Gasteiger partial charge is 0.493 e. The molecule has 0 fully saturated rings. The van der Waals surface area contributed by atoms with Crippen LogP contribution in [0.1, 0.15) is 9.88 Å². The van der Waals surface area contributed by atoms with Crippen molar-refractivity contribution < 1.29 is 14.2 Å². The van der Waals surface area contributed by atoms with Gasteiger partial charge in [-0.3, -0.25) is 4.99 Å². The zero-order valence-corrected chi connectivity index (χ0v) is 18.7. The summed E-state index contributed by atoms with van der Waals surface area (Å²) >= 11 is 1.71. The molecule has 0 aliphatic carbocycles. The van der Waals surface area contributed by atoms with Gasteiger partial charge in [-0.2, -0.15) is 0 Å². The predicted molar refractivity (Wildman–Crippen MR) is 117 cm³/mol. The summed E-state index contributed by atoms with van der Waals surface area (Å²) in [7, 11) is 6.48. The standard InChI is InChI=1S/C17H24N4O3S.HI/c1-11-10-20-15(25-11)6-7-19-17(18-2)21-12-8-13(22-3)16(24-5)14(9-12)23-4;/h8-10H,6-7H2,1-5H3,(H2,18,19,21);1H. The lowest BCUT2D eigenvalue weighted by molar-refractivity contribution is 0.324. The molecule has 0 radical (unpaired) electrons. The number of methoxy groups -OCH3 is 3. The lowest BCUT2D eigenvalue weighted by Gasteiger charge is -2.16. The van der Waals surface area contributed by atoms with Crippen molar-refractivity contribution >= 4 is 47.0 Å². The highest BCUT2D eigenvalue weighted by molar-refractivity contribution is 14.0. The number of hydrogen-bond acceptors (Lipinski definition) is 6. The molecule has 0 bridgehead atoms. The average Bonchev–Trinajstić information content (AvgIpc) is 3.04. The van der Waals surface area contributed by atoms with Crippen molar-refractivity contribution in [1.29, 1.82) is 0 Å². The van der Waals surface area contributed by atoms with E-state index >= 15 is 0 Å². The fraction of sp³-hybridized carbons (Fsp3) is 0.412. The Kier molecular flexibility index (Phi) is 9.49. The highest BCUT2D eigenvalue weighted by atomic mass is 127. The lowest BCUT2D eigenvalue weighted by atomic mass is 10.2. The van der Waals surface area contributed by atoms with E-state index in [-0.39, 0.29) is 24.0 Å². The Labute approximate surface area is 175 Å². The summed E-state index contributed by atoms with van der Waals surface area (Å²) in [5.41, 5.74) is 0.785. The van der Waals surface area contributed by atoms with Gasteiger partial charge in [-0.1, -0.05) is 0 Å². The summed E-state index contributed by atoms with van der Waals surface area (Å²) in [6.07, 6.45) is 2.73. The number of anilines is 1. The second kappa shape index (κ2) is 11.1. The van der Waals surface area contributed by atoms with Crippen LogP contribution in [0.3, 0.4) is 0 Å². The van der Waals surface area contributed by atoms with Gasteiger partial charge in [-0.15, -0.1) is 35.3 Å². The number of aromatic nitrogens is 1. The van der Waals surface area contributed by atoms with Gasteiger partial charge in [0.2, 0.25) is 5.75 Å². The molecule has 144 valence electrons. The molecule has 2 N–H and O–H groups in total. The number of nitrogens with zero attached hydrogens (tertiary/aromatic N) is 2. The predicted octanol–water partition coefficient (Wildman–Crippen LogP) is 3.33. The van der Waals surface area contributed by atoms with Gasteiger partial charge in [0, 0.05) is 48.9 Å². The van der Waals surface area contributed by atoms with Crippen LogP contribution in [0, 0.1) is 6.92 Å². The molecule has 0 unspecified atom stereocenters. The highest BCUT2D eigenvalue weighted by Crippen LogP contribution is 2.39. The molecule has 2 aromatic rings. The van der Waals surface area contributed by atoms with Crippen molar-refractivity contribution in [3.8, 4) is 17.2 Å². The molecular weight excluding hydrogens is 467 g/mol. The Hall–Kier alpha value is -1.75. The van der Waals surface area contributed by atoms with Crippen LogP contribution in [0.15, 0.2) is 23.3 Å². The normalized spacial score (nSPS) is 10.7. The first-order valence-electron chi connectivity index (χ1n) is 7.80. The summed E-state index contributed by atoms with van der Waals surface area (Å²) in [5, 5.41) is 7.60. The molecule has 0 aliphatic rings. The van der Waals surface area contributed by atoms with Gasteiger partial charge < -0.3 is 24.8 Å². The highest BCUT2D eigenvalue weighted by Gasteiger charge is 2.14. The molecule has 7 nitrogen and oxygen atoms in total. The monoisotopic (exact) mass is 492 g/mol.